The highest BCUT2D eigenvalue weighted by Gasteiger charge is 2.08. The highest BCUT2D eigenvalue weighted by molar-refractivity contribution is 5.92. The zero-order valence-corrected chi connectivity index (χ0v) is 14.3. The molecule has 0 amide bonds. The highest BCUT2D eigenvalue weighted by Crippen LogP contribution is 2.23. The lowest BCUT2D eigenvalue weighted by Crippen LogP contribution is -1.99. The van der Waals surface area contributed by atoms with Gasteiger partial charge in [-0.3, -0.25) is 0 Å². The Balaban J connectivity index is 0.000000161. The van der Waals surface area contributed by atoms with Crippen molar-refractivity contribution in [3.63, 3.8) is 0 Å². The summed E-state index contributed by atoms with van der Waals surface area (Å²) in [4.78, 5) is 28.9. The molecule has 0 unspecified atom stereocenters. The van der Waals surface area contributed by atoms with E-state index in [1.54, 1.807) is 36.4 Å². The molecule has 4 N–H and O–H groups in total. The first-order valence-corrected chi connectivity index (χ1v) is 8.01. The molecule has 0 spiro atoms. The fraction of sp³-hybridized carbons (Fsp3) is 0. The van der Waals surface area contributed by atoms with Crippen LogP contribution in [0, 0.1) is 0 Å². The molecule has 8 nitrogen and oxygen atoms in total. The first-order valence-electron chi connectivity index (χ1n) is 8.01. The van der Waals surface area contributed by atoms with Crippen molar-refractivity contribution in [3.8, 4) is 11.5 Å². The van der Waals surface area contributed by atoms with E-state index in [0.717, 1.165) is 10.8 Å². The third kappa shape index (κ3) is 3.80. The highest BCUT2D eigenvalue weighted by atomic mass is 16.4. The van der Waals surface area contributed by atoms with Gasteiger partial charge < -0.3 is 20.4 Å². The SMILES string of the molecule is O=C(O)c1ccc2cccc(O)c2n1.O=C(O)c1ccc2cccc(O)c2n1. The summed E-state index contributed by atoms with van der Waals surface area (Å²) in [5.41, 5.74) is 0.484. The number of carbonyl (C=O) groups is 2. The predicted molar refractivity (Wildman–Crippen MR) is 101 cm³/mol. The first kappa shape index (κ1) is 18.6. The van der Waals surface area contributed by atoms with Crippen molar-refractivity contribution in [2.45, 2.75) is 0 Å². The number of aromatic nitrogens is 2. The molecule has 0 fully saturated rings. The molecule has 2 aromatic carbocycles. The normalized spacial score (nSPS) is 10.3. The van der Waals surface area contributed by atoms with Crippen LogP contribution in [-0.4, -0.2) is 42.3 Å². The molecule has 0 aliphatic rings. The Kier molecular flexibility index (Phi) is 5.03. The number of benzene rings is 2. The van der Waals surface area contributed by atoms with Crippen LogP contribution in [0.2, 0.25) is 0 Å². The Morgan fingerprint density at radius 1 is 0.607 bits per heavy atom. The Labute approximate surface area is 158 Å². The summed E-state index contributed by atoms with van der Waals surface area (Å²) in [5.74, 6) is -2.22. The van der Waals surface area contributed by atoms with Crippen LogP contribution in [0.25, 0.3) is 21.8 Å². The van der Waals surface area contributed by atoms with Gasteiger partial charge in [-0.1, -0.05) is 36.4 Å². The second-order valence-electron chi connectivity index (χ2n) is 5.70. The van der Waals surface area contributed by atoms with Crippen molar-refractivity contribution in [1.29, 1.82) is 0 Å². The maximum Gasteiger partial charge on any atom is 0.354 e. The number of phenols is 2. The number of para-hydroxylation sites is 2. The van der Waals surface area contributed by atoms with Crippen LogP contribution < -0.4 is 0 Å². The van der Waals surface area contributed by atoms with E-state index in [-0.39, 0.29) is 22.9 Å². The number of phenolic OH excluding ortho intramolecular Hbond substituents is 2. The van der Waals surface area contributed by atoms with Gasteiger partial charge in [0, 0.05) is 10.8 Å². The van der Waals surface area contributed by atoms with Crippen LogP contribution in [0.15, 0.2) is 60.7 Å². The molecule has 8 heteroatoms. The third-order valence-electron chi connectivity index (χ3n) is 3.84. The minimum atomic E-state index is -1.10. The van der Waals surface area contributed by atoms with Gasteiger partial charge in [-0.25, -0.2) is 19.6 Å². The molecule has 0 bridgehead atoms. The van der Waals surface area contributed by atoms with Crippen LogP contribution >= 0.6 is 0 Å². The number of carboxylic acid groups (broad SMARTS) is 2. The van der Waals surface area contributed by atoms with Gasteiger partial charge in [-0.15, -0.1) is 0 Å². The summed E-state index contributed by atoms with van der Waals surface area (Å²) >= 11 is 0. The summed E-state index contributed by atoms with van der Waals surface area (Å²) in [6, 6.07) is 15.9. The zero-order chi connectivity index (χ0) is 20.3. The van der Waals surface area contributed by atoms with Gasteiger partial charge in [-0.05, 0) is 24.3 Å². The summed E-state index contributed by atoms with van der Waals surface area (Å²) in [5, 5.41) is 37.7. The lowest BCUT2D eigenvalue weighted by Gasteiger charge is -2.00. The third-order valence-corrected chi connectivity index (χ3v) is 3.84. The molecule has 4 rings (SSSR count). The van der Waals surface area contributed by atoms with E-state index >= 15 is 0 Å². The fourth-order valence-electron chi connectivity index (χ4n) is 2.50. The average Bonchev–Trinajstić information content (AvgIpc) is 2.68. The van der Waals surface area contributed by atoms with E-state index in [2.05, 4.69) is 9.97 Å². The molecule has 0 aliphatic carbocycles. The van der Waals surface area contributed by atoms with E-state index in [1.807, 2.05) is 0 Å². The van der Waals surface area contributed by atoms with Gasteiger partial charge in [0.1, 0.15) is 33.9 Å². The van der Waals surface area contributed by atoms with E-state index in [9.17, 15) is 19.8 Å². The molecule has 0 aliphatic heterocycles. The Bertz CT molecular complexity index is 1110. The first-order chi connectivity index (χ1) is 13.4. The maximum atomic E-state index is 10.6. The van der Waals surface area contributed by atoms with Crippen LogP contribution in [0.1, 0.15) is 21.0 Å². The molecule has 28 heavy (non-hydrogen) atoms. The van der Waals surface area contributed by atoms with Gasteiger partial charge in [-0.2, -0.15) is 0 Å². The standard InChI is InChI=1S/2C10H7NO3/c2*12-8-3-1-2-6-4-5-7(10(13)14)11-9(6)8/h2*1-5,12H,(H,13,14). The lowest BCUT2D eigenvalue weighted by molar-refractivity contribution is 0.0680. The largest absolute Gasteiger partial charge is 0.506 e. The molecule has 0 saturated carbocycles. The number of hydrogen-bond acceptors (Lipinski definition) is 6. The summed E-state index contributed by atoms with van der Waals surface area (Å²) < 4.78 is 0. The quantitative estimate of drug-likeness (QED) is 0.416. The molecule has 4 aromatic rings. The number of fused-ring (bicyclic) bond motifs is 2. The molecule has 0 radical (unpaired) electrons. The van der Waals surface area contributed by atoms with Crippen molar-refractivity contribution in [3.05, 3.63) is 72.1 Å². The molecule has 140 valence electrons. The van der Waals surface area contributed by atoms with Crippen LogP contribution in [0.4, 0.5) is 0 Å². The second-order valence-corrected chi connectivity index (χ2v) is 5.70. The van der Waals surface area contributed by atoms with Crippen molar-refractivity contribution >= 4 is 33.7 Å². The number of carboxylic acids is 2. The van der Waals surface area contributed by atoms with Crippen molar-refractivity contribution < 1.29 is 30.0 Å². The Morgan fingerprint density at radius 3 is 1.36 bits per heavy atom. The molecule has 2 aromatic heterocycles. The second kappa shape index (κ2) is 7.58. The number of rotatable bonds is 2. The topological polar surface area (TPSA) is 141 Å². The summed E-state index contributed by atoms with van der Waals surface area (Å²) in [6.45, 7) is 0. The van der Waals surface area contributed by atoms with Crippen LogP contribution in [0.3, 0.4) is 0 Å². The number of pyridine rings is 2. The van der Waals surface area contributed by atoms with Gasteiger partial charge in [0.2, 0.25) is 0 Å². The van der Waals surface area contributed by atoms with E-state index in [1.165, 1.54) is 24.3 Å². The van der Waals surface area contributed by atoms with Gasteiger partial charge in [0.25, 0.3) is 0 Å². The number of nitrogens with zero attached hydrogens (tertiary/aromatic N) is 2. The van der Waals surface area contributed by atoms with Gasteiger partial charge >= 0.3 is 11.9 Å². The fourth-order valence-corrected chi connectivity index (χ4v) is 2.50. The molecule has 0 atom stereocenters. The molecular weight excluding hydrogens is 364 g/mol. The molecule has 2 heterocycles. The van der Waals surface area contributed by atoms with Gasteiger partial charge in [0.15, 0.2) is 0 Å². The van der Waals surface area contributed by atoms with Crippen molar-refractivity contribution in [2.24, 2.45) is 0 Å². The maximum absolute atomic E-state index is 10.6. The number of aromatic hydroxyl groups is 2. The number of aromatic carboxylic acids is 2. The van der Waals surface area contributed by atoms with Crippen LogP contribution in [-0.2, 0) is 0 Å². The minimum Gasteiger partial charge on any atom is -0.506 e. The number of hydrogen-bond donors (Lipinski definition) is 4. The smallest absolute Gasteiger partial charge is 0.354 e. The molecule has 0 saturated heterocycles. The van der Waals surface area contributed by atoms with E-state index in [0.29, 0.717) is 11.0 Å². The van der Waals surface area contributed by atoms with Crippen molar-refractivity contribution in [2.75, 3.05) is 0 Å². The summed E-state index contributed by atoms with van der Waals surface area (Å²) in [7, 11) is 0. The Hall–Kier alpha value is -4.20. The average molecular weight is 378 g/mol. The van der Waals surface area contributed by atoms with E-state index in [4.69, 9.17) is 10.2 Å². The van der Waals surface area contributed by atoms with E-state index < -0.39 is 11.9 Å². The van der Waals surface area contributed by atoms with Crippen molar-refractivity contribution in [1.82, 2.24) is 9.97 Å². The Morgan fingerprint density at radius 2 is 1.00 bits per heavy atom. The monoisotopic (exact) mass is 378 g/mol. The zero-order valence-electron chi connectivity index (χ0n) is 14.3. The summed E-state index contributed by atoms with van der Waals surface area (Å²) in [6.07, 6.45) is 0. The lowest BCUT2D eigenvalue weighted by atomic mass is 10.2. The predicted octanol–water partition coefficient (Wildman–Crippen LogP) is 3.28. The van der Waals surface area contributed by atoms with Crippen LogP contribution in [0.5, 0.6) is 11.5 Å². The van der Waals surface area contributed by atoms with Gasteiger partial charge in [0.05, 0.1) is 0 Å². The molecular formula is C20H14N2O6. The minimum absolute atomic E-state index is 0.00870.